The fourth-order valence-electron chi connectivity index (χ4n) is 3.03. The van der Waals surface area contributed by atoms with E-state index in [-0.39, 0.29) is 23.8 Å². The summed E-state index contributed by atoms with van der Waals surface area (Å²) in [6.07, 6.45) is 2.27. The second-order valence-electron chi connectivity index (χ2n) is 5.27. The molecule has 2 atom stereocenters. The molecule has 4 heteroatoms. The Morgan fingerprint density at radius 2 is 1.95 bits per heavy atom. The van der Waals surface area contributed by atoms with Crippen LogP contribution in [0.2, 0.25) is 0 Å². The number of amides is 2. The molecule has 1 N–H and O–H groups in total. The molecule has 1 aromatic carbocycles. The maximum absolute atomic E-state index is 12.5. The van der Waals surface area contributed by atoms with Gasteiger partial charge in [-0.2, -0.15) is 0 Å². The summed E-state index contributed by atoms with van der Waals surface area (Å²) in [7, 11) is 0. The normalized spacial score (nSPS) is 27.9. The molecule has 1 aromatic rings. The Labute approximate surface area is 112 Å². The third-order valence-corrected chi connectivity index (χ3v) is 4.02. The lowest BCUT2D eigenvalue weighted by Crippen LogP contribution is -2.48. The topological polar surface area (TPSA) is 49.4 Å². The zero-order valence-corrected chi connectivity index (χ0v) is 10.8. The molecule has 2 unspecified atom stereocenters. The molecule has 4 nitrogen and oxygen atoms in total. The minimum Gasteiger partial charge on any atom is -0.315 e. The van der Waals surface area contributed by atoms with E-state index in [2.05, 4.69) is 5.32 Å². The molecular weight excluding hydrogens is 240 g/mol. The van der Waals surface area contributed by atoms with E-state index in [1.807, 2.05) is 30.3 Å². The van der Waals surface area contributed by atoms with Crippen molar-refractivity contribution in [3.8, 4) is 0 Å². The first-order valence-electron chi connectivity index (χ1n) is 6.89. The molecule has 100 valence electrons. The molecule has 3 rings (SSSR count). The monoisotopic (exact) mass is 258 g/mol. The summed E-state index contributed by atoms with van der Waals surface area (Å²) in [4.78, 5) is 26.1. The van der Waals surface area contributed by atoms with Crippen LogP contribution in [0.4, 0.5) is 0 Å². The van der Waals surface area contributed by atoms with Crippen molar-refractivity contribution in [2.45, 2.75) is 31.2 Å². The number of nitrogens with zero attached hydrogens (tertiary/aromatic N) is 1. The van der Waals surface area contributed by atoms with Crippen molar-refractivity contribution in [2.75, 3.05) is 13.1 Å². The van der Waals surface area contributed by atoms with Gasteiger partial charge < -0.3 is 5.32 Å². The number of hydrogen-bond donors (Lipinski definition) is 1. The van der Waals surface area contributed by atoms with Gasteiger partial charge in [-0.15, -0.1) is 0 Å². The largest absolute Gasteiger partial charge is 0.315 e. The number of hydrogen-bond acceptors (Lipinski definition) is 3. The van der Waals surface area contributed by atoms with Crippen LogP contribution in [0.3, 0.4) is 0 Å². The first-order chi connectivity index (χ1) is 9.27. The minimum atomic E-state index is -0.282. The van der Waals surface area contributed by atoms with Crippen molar-refractivity contribution < 1.29 is 9.59 Å². The van der Waals surface area contributed by atoms with Crippen molar-refractivity contribution in [3.63, 3.8) is 0 Å². The second kappa shape index (κ2) is 5.13. The van der Waals surface area contributed by atoms with Gasteiger partial charge in [0.2, 0.25) is 11.8 Å². The standard InChI is InChI=1S/C15H18N2O2/c18-14-9-13(11-5-2-1-3-6-11)15(19)17(14)12-7-4-8-16-10-12/h1-3,5-6,12-13,16H,4,7-10H2. The van der Waals surface area contributed by atoms with E-state index in [0.717, 1.165) is 31.5 Å². The Bertz CT molecular complexity index is 480. The van der Waals surface area contributed by atoms with Crippen LogP contribution in [0, 0.1) is 0 Å². The molecule has 2 fully saturated rings. The summed E-state index contributed by atoms with van der Waals surface area (Å²) in [5, 5.41) is 3.26. The first kappa shape index (κ1) is 12.4. The van der Waals surface area contributed by atoms with E-state index in [1.54, 1.807) is 0 Å². The SMILES string of the molecule is O=C1CC(c2ccccc2)C(=O)N1C1CCCNC1. The van der Waals surface area contributed by atoms with Crippen LogP contribution in [-0.4, -0.2) is 35.8 Å². The van der Waals surface area contributed by atoms with Crippen LogP contribution >= 0.6 is 0 Å². The van der Waals surface area contributed by atoms with Gasteiger partial charge in [0.05, 0.1) is 12.0 Å². The van der Waals surface area contributed by atoms with E-state index >= 15 is 0 Å². The fraction of sp³-hybridized carbons (Fsp3) is 0.467. The van der Waals surface area contributed by atoms with Crippen LogP contribution in [0.1, 0.15) is 30.7 Å². The van der Waals surface area contributed by atoms with Crippen molar-refractivity contribution in [2.24, 2.45) is 0 Å². The molecule has 0 saturated carbocycles. The molecule has 2 aliphatic heterocycles. The van der Waals surface area contributed by atoms with E-state index in [9.17, 15) is 9.59 Å². The zero-order valence-electron chi connectivity index (χ0n) is 10.8. The van der Waals surface area contributed by atoms with Gasteiger partial charge in [0, 0.05) is 13.0 Å². The first-order valence-corrected chi connectivity index (χ1v) is 6.89. The summed E-state index contributed by atoms with van der Waals surface area (Å²) in [6.45, 7) is 1.72. The molecule has 2 aliphatic rings. The number of benzene rings is 1. The van der Waals surface area contributed by atoms with Gasteiger partial charge in [-0.1, -0.05) is 30.3 Å². The predicted octanol–water partition coefficient (Wildman–Crippen LogP) is 1.28. The van der Waals surface area contributed by atoms with Crippen molar-refractivity contribution in [1.29, 1.82) is 0 Å². The van der Waals surface area contributed by atoms with Crippen molar-refractivity contribution >= 4 is 11.8 Å². The number of carbonyl (C=O) groups excluding carboxylic acids is 2. The quantitative estimate of drug-likeness (QED) is 0.813. The summed E-state index contributed by atoms with van der Waals surface area (Å²) in [6, 6.07) is 9.66. The van der Waals surface area contributed by atoms with Gasteiger partial charge in [-0.3, -0.25) is 14.5 Å². The van der Waals surface area contributed by atoms with Gasteiger partial charge in [0.1, 0.15) is 0 Å². The Hall–Kier alpha value is -1.68. The molecular formula is C15H18N2O2. The number of carbonyl (C=O) groups is 2. The molecule has 2 amide bonds. The van der Waals surface area contributed by atoms with Crippen molar-refractivity contribution in [3.05, 3.63) is 35.9 Å². The summed E-state index contributed by atoms with van der Waals surface area (Å²) < 4.78 is 0. The van der Waals surface area contributed by atoms with E-state index in [1.165, 1.54) is 4.90 Å². The lowest BCUT2D eigenvalue weighted by Gasteiger charge is -2.30. The summed E-state index contributed by atoms with van der Waals surface area (Å²) >= 11 is 0. The smallest absolute Gasteiger partial charge is 0.237 e. The van der Waals surface area contributed by atoms with Crippen LogP contribution < -0.4 is 5.32 Å². The number of likely N-dealkylation sites (tertiary alicyclic amines) is 1. The van der Waals surface area contributed by atoms with E-state index in [0.29, 0.717) is 6.42 Å². The third-order valence-electron chi connectivity index (χ3n) is 4.02. The minimum absolute atomic E-state index is 0.0208. The molecule has 2 saturated heterocycles. The Morgan fingerprint density at radius 1 is 1.16 bits per heavy atom. The van der Waals surface area contributed by atoms with Gasteiger partial charge in [-0.05, 0) is 24.9 Å². The maximum Gasteiger partial charge on any atom is 0.237 e. The van der Waals surface area contributed by atoms with E-state index in [4.69, 9.17) is 0 Å². The second-order valence-corrected chi connectivity index (χ2v) is 5.27. The van der Waals surface area contributed by atoms with Crippen LogP contribution in [0.25, 0.3) is 0 Å². The number of rotatable bonds is 2. The Kier molecular flexibility index (Phi) is 3.34. The molecule has 0 bridgehead atoms. The van der Waals surface area contributed by atoms with E-state index < -0.39 is 0 Å². The number of nitrogens with one attached hydrogen (secondary N) is 1. The van der Waals surface area contributed by atoms with Crippen molar-refractivity contribution in [1.82, 2.24) is 10.2 Å². The van der Waals surface area contributed by atoms with Gasteiger partial charge in [0.25, 0.3) is 0 Å². The molecule has 0 radical (unpaired) electrons. The fourth-order valence-corrected chi connectivity index (χ4v) is 3.03. The number of piperidine rings is 1. The molecule has 2 heterocycles. The average molecular weight is 258 g/mol. The maximum atomic E-state index is 12.5. The highest BCUT2D eigenvalue weighted by Gasteiger charge is 2.42. The predicted molar refractivity (Wildman–Crippen MR) is 71.5 cm³/mol. The highest BCUT2D eigenvalue weighted by atomic mass is 16.2. The van der Waals surface area contributed by atoms with Crippen LogP contribution in [0.15, 0.2) is 30.3 Å². The lowest BCUT2D eigenvalue weighted by molar-refractivity contribution is -0.141. The highest BCUT2D eigenvalue weighted by molar-refractivity contribution is 6.06. The molecule has 0 spiro atoms. The average Bonchev–Trinajstić information content (AvgIpc) is 2.76. The van der Waals surface area contributed by atoms with Gasteiger partial charge in [-0.25, -0.2) is 0 Å². The van der Waals surface area contributed by atoms with Gasteiger partial charge in [0.15, 0.2) is 0 Å². The summed E-state index contributed by atoms with van der Waals surface area (Å²) in [5.41, 5.74) is 0.951. The zero-order chi connectivity index (χ0) is 13.2. The van der Waals surface area contributed by atoms with Crippen LogP contribution in [0.5, 0.6) is 0 Å². The third kappa shape index (κ3) is 2.28. The van der Waals surface area contributed by atoms with Crippen LogP contribution in [-0.2, 0) is 9.59 Å². The number of imide groups is 1. The Morgan fingerprint density at radius 3 is 2.63 bits per heavy atom. The summed E-state index contributed by atoms with van der Waals surface area (Å²) in [5.74, 6) is -0.326. The molecule has 0 aromatic heterocycles. The highest BCUT2D eigenvalue weighted by Crippen LogP contribution is 2.31. The molecule has 19 heavy (non-hydrogen) atoms. The van der Waals surface area contributed by atoms with Gasteiger partial charge >= 0.3 is 0 Å². The molecule has 0 aliphatic carbocycles. The Balaban J connectivity index is 1.81. The lowest BCUT2D eigenvalue weighted by atomic mass is 9.97.